The minimum Gasteiger partial charge on any atom is -0.331 e. The van der Waals surface area contributed by atoms with E-state index < -0.39 is 0 Å². The summed E-state index contributed by atoms with van der Waals surface area (Å²) < 4.78 is -0.153. The second-order valence-corrected chi connectivity index (χ2v) is 6.43. The van der Waals surface area contributed by atoms with Crippen LogP contribution in [0, 0.1) is 17.8 Å². The van der Waals surface area contributed by atoms with Gasteiger partial charge in [-0.3, -0.25) is 9.69 Å². The van der Waals surface area contributed by atoms with Gasteiger partial charge in [0.15, 0.2) is 0 Å². The van der Waals surface area contributed by atoms with Gasteiger partial charge in [0, 0.05) is 6.54 Å². The number of likely N-dealkylation sites (tertiary alicyclic amines) is 2. The summed E-state index contributed by atoms with van der Waals surface area (Å²) in [6, 6.07) is 0. The van der Waals surface area contributed by atoms with Gasteiger partial charge in [-0.25, -0.2) is 0 Å². The van der Waals surface area contributed by atoms with Crippen molar-refractivity contribution in [3.63, 3.8) is 0 Å². The molecule has 2 saturated heterocycles. The molecule has 5 heteroatoms. The number of hydrogen-bond acceptors (Lipinski definition) is 4. The first-order valence-electron chi connectivity index (χ1n) is 6.51. The predicted octanol–water partition coefficient (Wildman–Crippen LogP) is 1.12. The van der Waals surface area contributed by atoms with Gasteiger partial charge in [-0.1, -0.05) is 11.8 Å². The minimum atomic E-state index is -0.153. The second kappa shape index (κ2) is 6.74. The molecule has 0 N–H and O–H groups in total. The molecule has 3 nitrogen and oxygen atoms in total. The maximum absolute atomic E-state index is 11.9. The average molecular weight is 284 g/mol. The number of rotatable bonds is 3. The third kappa shape index (κ3) is 3.59. The van der Waals surface area contributed by atoms with E-state index in [9.17, 15) is 4.79 Å². The Kier molecular flexibility index (Phi) is 5.28. The van der Waals surface area contributed by atoms with E-state index in [0.717, 1.165) is 19.5 Å². The molecule has 1 amide bonds. The van der Waals surface area contributed by atoms with Gasteiger partial charge in [0.25, 0.3) is 0 Å². The van der Waals surface area contributed by atoms with Crippen molar-refractivity contribution in [2.24, 2.45) is 5.92 Å². The lowest BCUT2D eigenvalue weighted by Crippen LogP contribution is -2.29. The van der Waals surface area contributed by atoms with Crippen molar-refractivity contribution in [1.29, 1.82) is 0 Å². The number of amides is 1. The highest BCUT2D eigenvalue weighted by molar-refractivity contribution is 7.99. The largest absolute Gasteiger partial charge is 0.331 e. The molecule has 1 unspecified atom stereocenters. The van der Waals surface area contributed by atoms with Crippen molar-refractivity contribution in [2.75, 3.05) is 32.7 Å². The molecule has 0 aliphatic carbocycles. The lowest BCUT2D eigenvalue weighted by atomic mass is 10.1. The van der Waals surface area contributed by atoms with Crippen LogP contribution in [0.25, 0.3) is 0 Å². The molecule has 0 saturated carbocycles. The van der Waals surface area contributed by atoms with Crippen LogP contribution in [-0.2, 0) is 4.79 Å². The highest BCUT2D eigenvalue weighted by Gasteiger charge is 2.33. The van der Waals surface area contributed by atoms with Crippen LogP contribution >= 0.6 is 25.3 Å². The predicted molar refractivity (Wildman–Crippen MR) is 79.9 cm³/mol. The zero-order valence-electron chi connectivity index (χ0n) is 10.5. The third-order valence-corrected chi connectivity index (χ3v) is 4.31. The quantitative estimate of drug-likeness (QED) is 0.461. The number of nitrogens with zero attached hydrogens (tertiary/aromatic N) is 2. The molecular formula is C13H20N2OS2. The van der Waals surface area contributed by atoms with Gasteiger partial charge in [0.05, 0.1) is 23.6 Å². The van der Waals surface area contributed by atoms with Gasteiger partial charge in [-0.2, -0.15) is 25.3 Å². The second-order valence-electron chi connectivity index (χ2n) is 4.91. The summed E-state index contributed by atoms with van der Waals surface area (Å²) in [5.41, 5.74) is 0. The lowest BCUT2D eigenvalue weighted by Gasteiger charge is -2.14. The van der Waals surface area contributed by atoms with E-state index in [0.29, 0.717) is 6.54 Å². The van der Waals surface area contributed by atoms with Crippen LogP contribution in [-0.4, -0.2) is 53.0 Å². The van der Waals surface area contributed by atoms with Crippen LogP contribution in [0.1, 0.15) is 19.3 Å². The highest BCUT2D eigenvalue weighted by atomic mass is 32.2. The number of hydrogen-bond donors (Lipinski definition) is 2. The summed E-state index contributed by atoms with van der Waals surface area (Å²) in [5, 5.41) is 0. The van der Waals surface area contributed by atoms with Crippen LogP contribution in [0.4, 0.5) is 0 Å². The Morgan fingerprint density at radius 2 is 1.83 bits per heavy atom. The minimum absolute atomic E-state index is 0.0444. The first-order chi connectivity index (χ1) is 8.68. The first-order valence-corrected chi connectivity index (χ1v) is 7.55. The Balaban J connectivity index is 1.74. The van der Waals surface area contributed by atoms with Gasteiger partial charge in [-0.05, 0) is 32.4 Å². The molecule has 2 fully saturated rings. The summed E-state index contributed by atoms with van der Waals surface area (Å²) in [7, 11) is 0. The summed E-state index contributed by atoms with van der Waals surface area (Å²) in [4.78, 5) is 16.1. The average Bonchev–Trinajstić information content (AvgIpc) is 2.95. The van der Waals surface area contributed by atoms with Crippen LogP contribution in [0.15, 0.2) is 0 Å². The Bertz CT molecular complexity index is 356. The zero-order chi connectivity index (χ0) is 13.0. The fraction of sp³-hybridized carbons (Fsp3) is 0.769. The molecule has 2 aliphatic rings. The molecule has 2 rings (SSSR count). The molecule has 2 aliphatic heterocycles. The van der Waals surface area contributed by atoms with E-state index in [1.54, 1.807) is 0 Å². The van der Waals surface area contributed by atoms with E-state index >= 15 is 0 Å². The molecule has 0 spiro atoms. The maximum atomic E-state index is 11.9. The molecule has 18 heavy (non-hydrogen) atoms. The van der Waals surface area contributed by atoms with Crippen LogP contribution < -0.4 is 0 Å². The fourth-order valence-corrected chi connectivity index (χ4v) is 3.01. The van der Waals surface area contributed by atoms with Gasteiger partial charge < -0.3 is 4.90 Å². The third-order valence-electron chi connectivity index (χ3n) is 3.60. The number of thiol groups is 2. The van der Waals surface area contributed by atoms with Crippen molar-refractivity contribution >= 4 is 31.2 Å². The van der Waals surface area contributed by atoms with Crippen LogP contribution in [0.2, 0.25) is 0 Å². The van der Waals surface area contributed by atoms with Gasteiger partial charge >= 0.3 is 0 Å². The normalized spacial score (nSPS) is 24.7. The SMILES string of the molecule is O=C1C(C(S)S)CCN1CC#CCN1CCCC1. The van der Waals surface area contributed by atoms with Gasteiger partial charge in [0.1, 0.15) is 0 Å². The molecule has 1 atom stereocenters. The van der Waals surface area contributed by atoms with Crippen molar-refractivity contribution in [3.8, 4) is 11.8 Å². The molecular weight excluding hydrogens is 264 g/mol. The van der Waals surface area contributed by atoms with E-state index in [2.05, 4.69) is 42.0 Å². The molecule has 0 radical (unpaired) electrons. The van der Waals surface area contributed by atoms with E-state index in [-0.39, 0.29) is 16.4 Å². The smallest absolute Gasteiger partial charge is 0.228 e. The highest BCUT2D eigenvalue weighted by Crippen LogP contribution is 2.26. The number of carbonyl (C=O) groups is 1. The standard InChI is InChI=1S/C13H20N2OS2/c16-12-11(13(17)18)5-10-15(12)9-4-3-8-14-6-1-2-7-14/h11,13,17-18H,1-2,5-10H2. The Hall–Kier alpha value is -0.310. The van der Waals surface area contributed by atoms with E-state index in [4.69, 9.17) is 0 Å². The molecule has 100 valence electrons. The number of carbonyl (C=O) groups excluding carboxylic acids is 1. The van der Waals surface area contributed by atoms with E-state index in [1.807, 2.05) is 4.90 Å². The topological polar surface area (TPSA) is 23.6 Å². The van der Waals surface area contributed by atoms with E-state index in [1.165, 1.54) is 25.9 Å². The van der Waals surface area contributed by atoms with Gasteiger partial charge in [0.2, 0.25) is 5.91 Å². The Morgan fingerprint density at radius 1 is 1.17 bits per heavy atom. The summed E-state index contributed by atoms with van der Waals surface area (Å²) >= 11 is 8.47. The van der Waals surface area contributed by atoms with Crippen LogP contribution in [0.5, 0.6) is 0 Å². The molecule has 0 aromatic carbocycles. The Morgan fingerprint density at radius 3 is 2.44 bits per heavy atom. The monoisotopic (exact) mass is 284 g/mol. The summed E-state index contributed by atoms with van der Waals surface area (Å²) in [5.74, 6) is 6.38. The lowest BCUT2D eigenvalue weighted by molar-refractivity contribution is -0.130. The van der Waals surface area contributed by atoms with Crippen molar-refractivity contribution in [1.82, 2.24) is 9.80 Å². The molecule has 0 aromatic heterocycles. The van der Waals surface area contributed by atoms with Crippen LogP contribution in [0.3, 0.4) is 0 Å². The first kappa shape index (κ1) is 14.1. The maximum Gasteiger partial charge on any atom is 0.228 e. The Labute approximate surface area is 120 Å². The van der Waals surface area contributed by atoms with Crippen molar-refractivity contribution in [3.05, 3.63) is 0 Å². The fourth-order valence-electron chi connectivity index (χ4n) is 2.46. The molecule has 0 aromatic rings. The van der Waals surface area contributed by atoms with Crippen molar-refractivity contribution in [2.45, 2.75) is 23.8 Å². The molecule has 0 bridgehead atoms. The van der Waals surface area contributed by atoms with Gasteiger partial charge in [-0.15, -0.1) is 0 Å². The molecule has 2 heterocycles. The zero-order valence-corrected chi connectivity index (χ0v) is 12.3. The summed E-state index contributed by atoms with van der Waals surface area (Å²) in [6.07, 6.45) is 3.43. The van der Waals surface area contributed by atoms with Crippen molar-refractivity contribution < 1.29 is 4.79 Å². The summed E-state index contributed by atoms with van der Waals surface area (Å²) in [6.45, 7) is 4.52.